The van der Waals surface area contributed by atoms with Crippen LogP contribution in [0.2, 0.25) is 0 Å². The number of fused-ring (bicyclic) bond motifs is 3. The number of ether oxygens (including phenoxy) is 1. The fourth-order valence-electron chi connectivity index (χ4n) is 7.01. The van der Waals surface area contributed by atoms with E-state index in [1.807, 2.05) is 6.08 Å². The van der Waals surface area contributed by atoms with Gasteiger partial charge in [-0.15, -0.1) is 0 Å². The van der Waals surface area contributed by atoms with Crippen molar-refractivity contribution in [1.29, 1.82) is 0 Å². The monoisotopic (exact) mass is 302 g/mol. The average Bonchev–Trinajstić information content (AvgIpc) is 2.94. The fourth-order valence-corrected chi connectivity index (χ4v) is 7.01. The molecule has 3 heteroatoms. The molecule has 1 aliphatic heterocycles. The number of ketones is 1. The van der Waals surface area contributed by atoms with E-state index in [1.54, 1.807) is 0 Å². The van der Waals surface area contributed by atoms with Gasteiger partial charge in [-0.1, -0.05) is 6.92 Å². The van der Waals surface area contributed by atoms with Crippen LogP contribution in [0.25, 0.3) is 0 Å². The molecule has 0 spiro atoms. The molecule has 1 saturated heterocycles. The standard InChI is InChI=1S/C19H26O3/c1-18-6-5-14-12(13(18)2-3-17(18)21)9-16-15-8-11(20)4-7-19(14,15)10-22-16/h8,12-14,16-17,21H,2-7,9-10H2,1H3/t12-,13-,14-,16-,17+,18-,19-/m0/s1. The topological polar surface area (TPSA) is 46.5 Å². The predicted octanol–water partition coefficient (Wildman–Crippen LogP) is 2.87. The summed E-state index contributed by atoms with van der Waals surface area (Å²) in [7, 11) is 0. The molecule has 3 nitrogen and oxygen atoms in total. The summed E-state index contributed by atoms with van der Waals surface area (Å²) in [4.78, 5) is 11.9. The van der Waals surface area contributed by atoms with Gasteiger partial charge in [0.05, 0.1) is 18.8 Å². The van der Waals surface area contributed by atoms with Gasteiger partial charge in [0.15, 0.2) is 5.78 Å². The molecule has 1 heterocycles. The predicted molar refractivity (Wildman–Crippen MR) is 82.2 cm³/mol. The van der Waals surface area contributed by atoms with Crippen LogP contribution in [-0.4, -0.2) is 29.7 Å². The zero-order chi connectivity index (χ0) is 15.1. The summed E-state index contributed by atoms with van der Waals surface area (Å²) in [5.74, 6) is 2.32. The third-order valence-electron chi connectivity index (χ3n) is 8.18. The zero-order valence-electron chi connectivity index (χ0n) is 13.4. The summed E-state index contributed by atoms with van der Waals surface area (Å²) in [6, 6.07) is 0. The van der Waals surface area contributed by atoms with Crippen LogP contribution >= 0.6 is 0 Å². The molecule has 22 heavy (non-hydrogen) atoms. The minimum absolute atomic E-state index is 0.112. The van der Waals surface area contributed by atoms with Crippen LogP contribution in [0, 0.1) is 28.6 Å². The molecule has 0 radical (unpaired) electrons. The number of carbonyl (C=O) groups is 1. The van der Waals surface area contributed by atoms with Crippen molar-refractivity contribution in [2.45, 2.75) is 64.1 Å². The van der Waals surface area contributed by atoms with E-state index >= 15 is 0 Å². The van der Waals surface area contributed by atoms with Gasteiger partial charge in [-0.3, -0.25) is 4.79 Å². The molecule has 120 valence electrons. The zero-order valence-corrected chi connectivity index (χ0v) is 13.4. The summed E-state index contributed by atoms with van der Waals surface area (Å²) in [5.41, 5.74) is 1.63. The van der Waals surface area contributed by atoms with Crippen LogP contribution < -0.4 is 0 Å². The molecule has 4 aliphatic carbocycles. The Labute approximate surface area is 132 Å². The van der Waals surface area contributed by atoms with E-state index in [0.29, 0.717) is 30.0 Å². The van der Waals surface area contributed by atoms with Gasteiger partial charge < -0.3 is 9.84 Å². The lowest BCUT2D eigenvalue weighted by Crippen LogP contribution is -2.53. The molecule has 0 amide bonds. The minimum Gasteiger partial charge on any atom is -0.393 e. The van der Waals surface area contributed by atoms with E-state index in [2.05, 4.69) is 6.92 Å². The van der Waals surface area contributed by atoms with Crippen LogP contribution in [0.3, 0.4) is 0 Å². The number of rotatable bonds is 0. The van der Waals surface area contributed by atoms with Crippen LogP contribution in [0.15, 0.2) is 11.6 Å². The second kappa shape index (κ2) is 4.24. The highest BCUT2D eigenvalue weighted by Gasteiger charge is 2.64. The highest BCUT2D eigenvalue weighted by Crippen LogP contribution is 2.67. The van der Waals surface area contributed by atoms with Crippen molar-refractivity contribution in [1.82, 2.24) is 0 Å². The number of hydrogen-bond acceptors (Lipinski definition) is 3. The highest BCUT2D eigenvalue weighted by molar-refractivity contribution is 5.92. The third kappa shape index (κ3) is 1.48. The van der Waals surface area contributed by atoms with Crippen molar-refractivity contribution in [2.24, 2.45) is 28.6 Å². The second-order valence-corrected chi connectivity index (χ2v) is 8.77. The van der Waals surface area contributed by atoms with Gasteiger partial charge in [-0.2, -0.15) is 0 Å². The largest absolute Gasteiger partial charge is 0.393 e. The van der Waals surface area contributed by atoms with E-state index in [1.165, 1.54) is 18.4 Å². The Morgan fingerprint density at radius 1 is 1.23 bits per heavy atom. The summed E-state index contributed by atoms with van der Waals surface area (Å²) in [6.07, 6.45) is 9.31. The maximum Gasteiger partial charge on any atom is 0.155 e. The average molecular weight is 302 g/mol. The molecule has 2 bridgehead atoms. The lowest BCUT2D eigenvalue weighted by atomic mass is 9.47. The van der Waals surface area contributed by atoms with Crippen LogP contribution in [0.5, 0.6) is 0 Å². The van der Waals surface area contributed by atoms with Gasteiger partial charge >= 0.3 is 0 Å². The number of carbonyl (C=O) groups excluding carboxylic acids is 1. The Morgan fingerprint density at radius 2 is 2.09 bits per heavy atom. The van der Waals surface area contributed by atoms with Crippen LogP contribution in [0.4, 0.5) is 0 Å². The highest BCUT2D eigenvalue weighted by atomic mass is 16.5. The van der Waals surface area contributed by atoms with Crippen molar-refractivity contribution < 1.29 is 14.6 Å². The molecule has 0 aromatic rings. The Morgan fingerprint density at radius 3 is 2.95 bits per heavy atom. The first-order valence-electron chi connectivity index (χ1n) is 9.09. The second-order valence-electron chi connectivity index (χ2n) is 8.77. The maximum absolute atomic E-state index is 11.9. The van der Waals surface area contributed by atoms with Crippen LogP contribution in [-0.2, 0) is 9.53 Å². The molecule has 5 rings (SSSR count). The van der Waals surface area contributed by atoms with E-state index in [4.69, 9.17) is 4.74 Å². The number of aliphatic hydroxyl groups is 1. The first-order chi connectivity index (χ1) is 10.5. The Kier molecular flexibility index (Phi) is 2.65. The Bertz CT molecular complexity index is 567. The van der Waals surface area contributed by atoms with E-state index in [9.17, 15) is 9.90 Å². The first kappa shape index (κ1) is 13.7. The smallest absolute Gasteiger partial charge is 0.155 e. The van der Waals surface area contributed by atoms with Gasteiger partial charge in [0.2, 0.25) is 0 Å². The Hall–Kier alpha value is -0.670. The Balaban J connectivity index is 1.57. The van der Waals surface area contributed by atoms with Crippen molar-refractivity contribution in [3.05, 3.63) is 11.6 Å². The van der Waals surface area contributed by atoms with E-state index in [0.717, 1.165) is 32.3 Å². The molecule has 3 saturated carbocycles. The van der Waals surface area contributed by atoms with Gasteiger partial charge in [0.1, 0.15) is 0 Å². The maximum atomic E-state index is 11.9. The molecule has 1 N–H and O–H groups in total. The lowest BCUT2D eigenvalue weighted by molar-refractivity contribution is -0.117. The third-order valence-corrected chi connectivity index (χ3v) is 8.18. The fraction of sp³-hybridized carbons (Fsp3) is 0.842. The molecule has 0 aromatic heterocycles. The first-order valence-corrected chi connectivity index (χ1v) is 9.09. The summed E-state index contributed by atoms with van der Waals surface area (Å²) in [6.45, 7) is 3.16. The SMILES string of the molecule is C[C@]12CC[C@H]3[C@@H](C[C@@H]4OC[C@@]35CCC(=O)C=C45)[C@@H]1CC[C@H]2O. The quantitative estimate of drug-likeness (QED) is 0.748. The van der Waals surface area contributed by atoms with E-state index in [-0.39, 0.29) is 23.0 Å². The van der Waals surface area contributed by atoms with Gasteiger partial charge in [-0.25, -0.2) is 0 Å². The van der Waals surface area contributed by atoms with Crippen molar-refractivity contribution in [3.63, 3.8) is 0 Å². The number of aliphatic hydroxyl groups excluding tert-OH is 1. The normalized spacial score (nSPS) is 56.2. The molecule has 0 aromatic carbocycles. The summed E-state index contributed by atoms with van der Waals surface area (Å²) < 4.78 is 6.18. The minimum atomic E-state index is -0.112. The molecule has 0 unspecified atom stereocenters. The van der Waals surface area contributed by atoms with Crippen LogP contribution in [0.1, 0.15) is 51.9 Å². The summed E-state index contributed by atoms with van der Waals surface area (Å²) in [5, 5.41) is 10.5. The van der Waals surface area contributed by atoms with Crippen molar-refractivity contribution >= 4 is 5.78 Å². The van der Waals surface area contributed by atoms with E-state index < -0.39 is 0 Å². The van der Waals surface area contributed by atoms with Crippen molar-refractivity contribution in [2.75, 3.05) is 6.61 Å². The molecule has 5 aliphatic rings. The molecular formula is C19H26O3. The molecular weight excluding hydrogens is 276 g/mol. The molecule has 7 atom stereocenters. The van der Waals surface area contributed by atoms with Gasteiger partial charge in [0.25, 0.3) is 0 Å². The number of hydrogen-bond donors (Lipinski definition) is 1. The molecule has 4 fully saturated rings. The van der Waals surface area contributed by atoms with Crippen molar-refractivity contribution in [3.8, 4) is 0 Å². The lowest BCUT2D eigenvalue weighted by Gasteiger charge is -2.56. The summed E-state index contributed by atoms with van der Waals surface area (Å²) >= 11 is 0. The van der Waals surface area contributed by atoms with Gasteiger partial charge in [0, 0.05) is 11.8 Å². The van der Waals surface area contributed by atoms with Gasteiger partial charge in [-0.05, 0) is 73.3 Å².